The Morgan fingerprint density at radius 3 is 2.64 bits per heavy atom. The molecule has 36 heavy (non-hydrogen) atoms. The number of aliphatic hydroxyl groups excluding tert-OH is 1. The van der Waals surface area contributed by atoms with Crippen LogP contribution in [0.2, 0.25) is 5.02 Å². The number of aliphatic hydroxyl groups is 1. The highest BCUT2D eigenvalue weighted by molar-refractivity contribution is 6.32. The fourth-order valence-electron chi connectivity index (χ4n) is 3.73. The maximum Gasteiger partial charge on any atom is 0.255 e. The lowest BCUT2D eigenvalue weighted by Crippen LogP contribution is -2.29. The zero-order valence-corrected chi connectivity index (χ0v) is 20.1. The molecule has 1 heterocycles. The topological polar surface area (TPSA) is 128 Å². The number of pyridine rings is 1. The predicted octanol–water partition coefficient (Wildman–Crippen LogP) is 4.55. The van der Waals surface area contributed by atoms with Gasteiger partial charge in [-0.2, -0.15) is 5.26 Å². The average molecular weight is 503 g/mol. The molecule has 0 saturated carbocycles. The number of aromatic hydroxyl groups is 1. The van der Waals surface area contributed by atoms with Gasteiger partial charge in [-0.25, -0.2) is 0 Å². The molecular weight excluding hydrogens is 480 g/mol. The Morgan fingerprint density at radius 2 is 1.94 bits per heavy atom. The van der Waals surface area contributed by atoms with Gasteiger partial charge in [0.1, 0.15) is 11.5 Å². The van der Waals surface area contributed by atoms with Crippen LogP contribution in [-0.2, 0) is 6.54 Å². The Balaban J connectivity index is 1.62. The molecule has 4 aromatic rings. The second-order valence-electron chi connectivity index (χ2n) is 8.03. The molecule has 4 N–H and O–H groups in total. The molecule has 0 spiro atoms. The first-order chi connectivity index (χ1) is 17.4. The summed E-state index contributed by atoms with van der Waals surface area (Å²) in [4.78, 5) is 17.5. The molecule has 1 unspecified atom stereocenters. The monoisotopic (exact) mass is 502 g/mol. The van der Waals surface area contributed by atoms with Crippen molar-refractivity contribution in [1.29, 1.82) is 5.26 Å². The van der Waals surface area contributed by atoms with Gasteiger partial charge in [-0.05, 0) is 53.6 Å². The first-order valence-corrected chi connectivity index (χ1v) is 11.4. The quantitative estimate of drug-likeness (QED) is 0.278. The molecule has 182 valence electrons. The van der Waals surface area contributed by atoms with Gasteiger partial charge in [0.05, 0.1) is 46.6 Å². The molecule has 0 bridgehead atoms. The van der Waals surface area contributed by atoms with Crippen molar-refractivity contribution in [2.45, 2.75) is 12.6 Å². The number of methoxy groups -OCH3 is 1. The summed E-state index contributed by atoms with van der Waals surface area (Å²) in [6.07, 6.45) is 0.492. The van der Waals surface area contributed by atoms with Crippen molar-refractivity contribution in [2.24, 2.45) is 0 Å². The number of carbonyl (C=O) groups excluding carboxylic acids is 1. The third-order valence-corrected chi connectivity index (χ3v) is 5.96. The zero-order valence-electron chi connectivity index (χ0n) is 19.3. The van der Waals surface area contributed by atoms with Crippen molar-refractivity contribution in [1.82, 2.24) is 10.3 Å². The van der Waals surface area contributed by atoms with Crippen LogP contribution >= 0.6 is 11.6 Å². The van der Waals surface area contributed by atoms with Crippen LogP contribution in [-0.4, -0.2) is 34.8 Å². The fourth-order valence-corrected chi connectivity index (χ4v) is 4.01. The number of benzene rings is 3. The van der Waals surface area contributed by atoms with E-state index in [0.29, 0.717) is 45.0 Å². The lowest BCUT2D eigenvalue weighted by atomic mass is 10.1. The third kappa shape index (κ3) is 5.49. The van der Waals surface area contributed by atoms with Crippen LogP contribution in [0.15, 0.2) is 66.9 Å². The number of nitrogens with one attached hydrogen (secondary N) is 2. The molecule has 4 rings (SSSR count). The largest absolute Gasteiger partial charge is 0.508 e. The van der Waals surface area contributed by atoms with Gasteiger partial charge in [-0.15, -0.1) is 0 Å². The SMILES string of the molecule is COc1ccc(CNc2c(C(=O)NCC(O)c3ccc(O)cc3)cnc3ccc(C#N)cc23)cc1Cl. The zero-order chi connectivity index (χ0) is 25.7. The summed E-state index contributed by atoms with van der Waals surface area (Å²) >= 11 is 6.26. The Labute approximate surface area is 212 Å². The van der Waals surface area contributed by atoms with Gasteiger partial charge in [0.2, 0.25) is 0 Å². The number of nitriles is 1. The van der Waals surface area contributed by atoms with Gasteiger partial charge < -0.3 is 25.6 Å². The van der Waals surface area contributed by atoms with Crippen LogP contribution in [0, 0.1) is 11.3 Å². The maximum atomic E-state index is 13.2. The Kier molecular flexibility index (Phi) is 7.54. The number of ether oxygens (including phenoxy) is 1. The van der Waals surface area contributed by atoms with E-state index in [-0.39, 0.29) is 17.9 Å². The van der Waals surface area contributed by atoms with E-state index >= 15 is 0 Å². The van der Waals surface area contributed by atoms with E-state index in [1.165, 1.54) is 18.3 Å². The maximum absolute atomic E-state index is 13.2. The fraction of sp³-hybridized carbons (Fsp3) is 0.148. The minimum atomic E-state index is -0.967. The van der Waals surface area contributed by atoms with Crippen molar-refractivity contribution >= 4 is 34.1 Å². The lowest BCUT2D eigenvalue weighted by Gasteiger charge is -2.17. The smallest absolute Gasteiger partial charge is 0.255 e. The standard InChI is InChI=1S/C27H23ClN4O4/c1-36-25-9-3-17(11-22(25)28)13-31-26-20-10-16(12-29)2-8-23(20)30-14-21(26)27(35)32-15-24(34)18-4-6-19(33)7-5-18/h2-11,14,24,33-34H,13,15H2,1H3,(H,30,31)(H,32,35). The minimum absolute atomic E-state index is 0.0482. The molecule has 9 heteroatoms. The summed E-state index contributed by atoms with van der Waals surface area (Å²) in [7, 11) is 1.54. The number of phenolic OH excluding ortho intramolecular Hbond substituents is 1. The van der Waals surface area contributed by atoms with Gasteiger partial charge in [-0.1, -0.05) is 29.8 Å². The van der Waals surface area contributed by atoms with Crippen LogP contribution < -0.4 is 15.4 Å². The molecule has 1 aromatic heterocycles. The molecule has 1 amide bonds. The number of fused-ring (bicyclic) bond motifs is 1. The summed E-state index contributed by atoms with van der Waals surface area (Å²) in [6, 6.07) is 18.7. The van der Waals surface area contributed by atoms with Gasteiger partial charge in [-0.3, -0.25) is 9.78 Å². The van der Waals surface area contributed by atoms with Gasteiger partial charge in [0.15, 0.2) is 0 Å². The van der Waals surface area contributed by atoms with Crippen molar-refractivity contribution in [3.05, 3.63) is 94.1 Å². The van der Waals surface area contributed by atoms with Crippen molar-refractivity contribution in [2.75, 3.05) is 19.0 Å². The molecule has 3 aromatic carbocycles. The minimum Gasteiger partial charge on any atom is -0.508 e. The van der Waals surface area contributed by atoms with Crippen molar-refractivity contribution in [3.8, 4) is 17.6 Å². The van der Waals surface area contributed by atoms with E-state index in [4.69, 9.17) is 16.3 Å². The first kappa shape index (κ1) is 24.8. The van der Waals surface area contributed by atoms with E-state index in [1.54, 1.807) is 49.6 Å². The molecule has 0 aliphatic heterocycles. The number of anilines is 1. The van der Waals surface area contributed by atoms with E-state index in [2.05, 4.69) is 21.7 Å². The summed E-state index contributed by atoms with van der Waals surface area (Å²) in [6.45, 7) is 0.295. The molecule has 0 aliphatic rings. The van der Waals surface area contributed by atoms with Crippen LogP contribution in [0.4, 0.5) is 5.69 Å². The number of hydrogen-bond donors (Lipinski definition) is 4. The normalized spacial score (nSPS) is 11.5. The molecule has 0 aliphatic carbocycles. The van der Waals surface area contributed by atoms with Crippen LogP contribution in [0.5, 0.6) is 11.5 Å². The van der Waals surface area contributed by atoms with E-state index in [0.717, 1.165) is 5.56 Å². The number of halogens is 1. The summed E-state index contributed by atoms with van der Waals surface area (Å²) in [5.74, 6) is 0.198. The Hall–Kier alpha value is -4.32. The Morgan fingerprint density at radius 1 is 1.17 bits per heavy atom. The first-order valence-electron chi connectivity index (χ1n) is 11.0. The van der Waals surface area contributed by atoms with Crippen molar-refractivity contribution in [3.63, 3.8) is 0 Å². The molecule has 0 saturated heterocycles. The molecule has 0 radical (unpaired) electrons. The van der Waals surface area contributed by atoms with Crippen molar-refractivity contribution < 1.29 is 19.7 Å². The van der Waals surface area contributed by atoms with Crippen LogP contribution in [0.3, 0.4) is 0 Å². The van der Waals surface area contributed by atoms with E-state index < -0.39 is 12.0 Å². The number of hydrogen-bond acceptors (Lipinski definition) is 7. The summed E-state index contributed by atoms with van der Waals surface area (Å²) in [5.41, 5.74) is 3.22. The number of carbonyl (C=O) groups is 1. The number of rotatable bonds is 8. The predicted molar refractivity (Wildman–Crippen MR) is 137 cm³/mol. The van der Waals surface area contributed by atoms with Crippen LogP contribution in [0.1, 0.15) is 33.2 Å². The van der Waals surface area contributed by atoms with Gasteiger partial charge in [0.25, 0.3) is 5.91 Å². The molecular formula is C27H23ClN4O4. The summed E-state index contributed by atoms with van der Waals surface area (Å²) < 4.78 is 5.20. The lowest BCUT2D eigenvalue weighted by molar-refractivity contribution is 0.0917. The van der Waals surface area contributed by atoms with E-state index in [1.807, 2.05) is 6.07 Å². The highest BCUT2D eigenvalue weighted by Crippen LogP contribution is 2.29. The number of aromatic nitrogens is 1. The van der Waals surface area contributed by atoms with E-state index in [9.17, 15) is 20.3 Å². The highest BCUT2D eigenvalue weighted by Gasteiger charge is 2.18. The third-order valence-electron chi connectivity index (χ3n) is 5.66. The van der Waals surface area contributed by atoms with Gasteiger partial charge >= 0.3 is 0 Å². The number of nitrogens with zero attached hydrogens (tertiary/aromatic N) is 2. The van der Waals surface area contributed by atoms with Crippen LogP contribution in [0.25, 0.3) is 10.9 Å². The number of amides is 1. The average Bonchev–Trinajstić information content (AvgIpc) is 2.90. The number of phenols is 1. The Bertz CT molecular complexity index is 1450. The molecule has 0 fully saturated rings. The summed E-state index contributed by atoms with van der Waals surface area (Å²) in [5, 5.41) is 36.4. The second-order valence-corrected chi connectivity index (χ2v) is 8.44. The molecule has 1 atom stereocenters. The van der Waals surface area contributed by atoms with Gasteiger partial charge in [0, 0.05) is 24.7 Å². The molecule has 8 nitrogen and oxygen atoms in total. The highest BCUT2D eigenvalue weighted by atomic mass is 35.5. The second kappa shape index (κ2) is 11.0.